The summed E-state index contributed by atoms with van der Waals surface area (Å²) in [6.45, 7) is 4.01. The molecule has 1 aromatic carbocycles. The second-order valence-corrected chi connectivity index (χ2v) is 9.39. The predicted molar refractivity (Wildman–Crippen MR) is 109 cm³/mol. The first-order valence-corrected chi connectivity index (χ1v) is 11.2. The minimum atomic E-state index is 0.0201. The van der Waals surface area contributed by atoms with E-state index in [-0.39, 0.29) is 12.1 Å². The molecule has 5 aliphatic rings. The van der Waals surface area contributed by atoms with E-state index in [0.29, 0.717) is 24.4 Å². The summed E-state index contributed by atoms with van der Waals surface area (Å²) < 4.78 is 5.53. The molecule has 0 aromatic heterocycles. The van der Waals surface area contributed by atoms with Crippen LogP contribution in [0.25, 0.3) is 0 Å². The number of ether oxygens (including phenoxy) is 1. The van der Waals surface area contributed by atoms with Crippen molar-refractivity contribution in [1.29, 1.82) is 0 Å². The van der Waals surface area contributed by atoms with E-state index >= 15 is 0 Å². The molecule has 2 N–H and O–H groups in total. The Hall–Kier alpha value is -1.59. The molecule has 4 bridgehead atoms. The van der Waals surface area contributed by atoms with Gasteiger partial charge in [0.2, 0.25) is 0 Å². The Bertz CT molecular complexity index is 646. The maximum absolute atomic E-state index is 12.8. The van der Waals surface area contributed by atoms with Crippen molar-refractivity contribution < 1.29 is 9.53 Å². The molecule has 4 saturated carbocycles. The van der Waals surface area contributed by atoms with Crippen LogP contribution >= 0.6 is 0 Å². The molecular formula is C23H33N3O2. The van der Waals surface area contributed by atoms with Crippen LogP contribution in [-0.4, -0.2) is 49.8 Å². The molecule has 1 saturated heterocycles. The van der Waals surface area contributed by atoms with Crippen molar-refractivity contribution in [3.05, 3.63) is 35.9 Å². The van der Waals surface area contributed by atoms with Crippen LogP contribution < -0.4 is 10.6 Å². The highest BCUT2D eigenvalue weighted by Crippen LogP contribution is 2.53. The van der Waals surface area contributed by atoms with Crippen LogP contribution in [0.3, 0.4) is 0 Å². The van der Waals surface area contributed by atoms with E-state index in [0.717, 1.165) is 38.1 Å². The molecule has 5 fully saturated rings. The Morgan fingerprint density at radius 2 is 1.64 bits per heavy atom. The third-order valence-electron chi connectivity index (χ3n) is 7.65. The van der Waals surface area contributed by atoms with Crippen LogP contribution in [0.1, 0.15) is 43.7 Å². The van der Waals surface area contributed by atoms with E-state index in [2.05, 4.69) is 39.8 Å². The third kappa shape index (κ3) is 3.79. The van der Waals surface area contributed by atoms with Gasteiger partial charge in [0.25, 0.3) is 0 Å². The molecule has 5 nitrogen and oxygen atoms in total. The monoisotopic (exact) mass is 383 g/mol. The summed E-state index contributed by atoms with van der Waals surface area (Å²) >= 11 is 0. The Labute approximate surface area is 168 Å². The molecule has 5 heteroatoms. The van der Waals surface area contributed by atoms with Crippen molar-refractivity contribution in [1.82, 2.24) is 15.5 Å². The highest BCUT2D eigenvalue weighted by atomic mass is 16.5. The summed E-state index contributed by atoms with van der Waals surface area (Å²) in [5.74, 6) is 3.30. The summed E-state index contributed by atoms with van der Waals surface area (Å²) in [6.07, 6.45) is 6.78. The summed E-state index contributed by atoms with van der Waals surface area (Å²) in [6, 6.07) is 11.2. The SMILES string of the molecule is O=C(NCC(c1ccccc1)N1CCOCC1)NC1C2CC3CC(C2)CC1C3. The second kappa shape index (κ2) is 8.03. The quantitative estimate of drug-likeness (QED) is 0.821. The lowest BCUT2D eigenvalue weighted by Crippen LogP contribution is -2.58. The third-order valence-corrected chi connectivity index (χ3v) is 7.65. The topological polar surface area (TPSA) is 53.6 Å². The number of carbonyl (C=O) groups is 1. The molecule has 0 radical (unpaired) electrons. The number of carbonyl (C=O) groups excluding carboxylic acids is 1. The number of morpholine rings is 1. The number of benzene rings is 1. The van der Waals surface area contributed by atoms with Crippen LogP contribution in [-0.2, 0) is 4.74 Å². The summed E-state index contributed by atoms with van der Waals surface area (Å²) in [5.41, 5.74) is 1.26. The highest BCUT2D eigenvalue weighted by molar-refractivity contribution is 5.74. The molecule has 6 rings (SSSR count). The van der Waals surface area contributed by atoms with Gasteiger partial charge in [-0.25, -0.2) is 4.79 Å². The molecule has 28 heavy (non-hydrogen) atoms. The van der Waals surface area contributed by atoms with Gasteiger partial charge >= 0.3 is 6.03 Å². The second-order valence-electron chi connectivity index (χ2n) is 9.39. The lowest BCUT2D eigenvalue weighted by Gasteiger charge is -2.54. The Kier molecular flexibility index (Phi) is 5.29. The zero-order valence-electron chi connectivity index (χ0n) is 16.7. The molecule has 2 amide bonds. The van der Waals surface area contributed by atoms with Crippen molar-refractivity contribution in [3.63, 3.8) is 0 Å². The van der Waals surface area contributed by atoms with Gasteiger partial charge in [-0.3, -0.25) is 4.90 Å². The Morgan fingerprint density at radius 3 is 2.29 bits per heavy atom. The molecule has 1 aromatic rings. The summed E-state index contributed by atoms with van der Waals surface area (Å²) in [4.78, 5) is 15.2. The lowest BCUT2D eigenvalue weighted by atomic mass is 9.54. The maximum atomic E-state index is 12.8. The molecule has 1 atom stereocenters. The van der Waals surface area contributed by atoms with Crippen molar-refractivity contribution in [2.24, 2.45) is 23.7 Å². The average Bonchev–Trinajstić information content (AvgIpc) is 2.72. The number of rotatable bonds is 5. The minimum Gasteiger partial charge on any atom is -0.379 e. The van der Waals surface area contributed by atoms with Gasteiger partial charge in [0.1, 0.15) is 0 Å². The normalized spacial score (nSPS) is 35.5. The summed E-state index contributed by atoms with van der Waals surface area (Å²) in [7, 11) is 0. The van der Waals surface area contributed by atoms with Gasteiger partial charge in [-0.1, -0.05) is 30.3 Å². The maximum Gasteiger partial charge on any atom is 0.315 e. The van der Waals surface area contributed by atoms with Crippen LogP contribution in [0.15, 0.2) is 30.3 Å². The number of amides is 2. The highest BCUT2D eigenvalue weighted by Gasteiger charge is 2.48. The fourth-order valence-corrected chi connectivity index (χ4v) is 6.57. The zero-order valence-corrected chi connectivity index (χ0v) is 16.7. The predicted octanol–water partition coefficient (Wildman–Crippen LogP) is 3.18. The number of hydrogen-bond acceptors (Lipinski definition) is 3. The number of hydrogen-bond donors (Lipinski definition) is 2. The molecule has 1 aliphatic heterocycles. The van der Waals surface area contributed by atoms with Crippen molar-refractivity contribution >= 4 is 6.03 Å². The van der Waals surface area contributed by atoms with Gasteiger partial charge in [-0.15, -0.1) is 0 Å². The first-order chi connectivity index (χ1) is 13.8. The van der Waals surface area contributed by atoms with E-state index in [1.165, 1.54) is 37.7 Å². The van der Waals surface area contributed by atoms with E-state index in [1.54, 1.807) is 0 Å². The van der Waals surface area contributed by atoms with Crippen LogP contribution in [0, 0.1) is 23.7 Å². The number of nitrogens with one attached hydrogen (secondary N) is 2. The molecule has 1 unspecified atom stereocenters. The van der Waals surface area contributed by atoms with Gasteiger partial charge in [-0.05, 0) is 61.3 Å². The average molecular weight is 384 g/mol. The van der Waals surface area contributed by atoms with Crippen molar-refractivity contribution in [2.75, 3.05) is 32.8 Å². The molecule has 1 heterocycles. The Morgan fingerprint density at radius 1 is 1.00 bits per heavy atom. The minimum absolute atomic E-state index is 0.0201. The Balaban J connectivity index is 1.20. The number of nitrogens with zero attached hydrogens (tertiary/aromatic N) is 1. The van der Waals surface area contributed by atoms with Gasteiger partial charge in [0.05, 0.1) is 19.3 Å². The van der Waals surface area contributed by atoms with Crippen LogP contribution in [0.4, 0.5) is 4.79 Å². The van der Waals surface area contributed by atoms with Gasteiger partial charge in [0, 0.05) is 25.7 Å². The molecule has 152 valence electrons. The molecule has 0 spiro atoms. The fourth-order valence-electron chi connectivity index (χ4n) is 6.57. The van der Waals surface area contributed by atoms with E-state index < -0.39 is 0 Å². The fraction of sp³-hybridized carbons (Fsp3) is 0.696. The van der Waals surface area contributed by atoms with Crippen molar-refractivity contribution in [2.45, 2.75) is 44.2 Å². The lowest BCUT2D eigenvalue weighted by molar-refractivity contribution is -0.00967. The first kappa shape index (κ1) is 18.4. The molecular weight excluding hydrogens is 350 g/mol. The van der Waals surface area contributed by atoms with Crippen LogP contribution in [0.5, 0.6) is 0 Å². The standard InChI is InChI=1S/C23H33N3O2/c27-23(25-22-19-11-16-10-17(13-19)14-20(22)12-16)24-15-21(18-4-2-1-3-5-18)26-6-8-28-9-7-26/h1-5,16-17,19-22H,6-15H2,(H2,24,25,27). The largest absolute Gasteiger partial charge is 0.379 e. The van der Waals surface area contributed by atoms with E-state index in [1.807, 2.05) is 6.07 Å². The van der Waals surface area contributed by atoms with E-state index in [4.69, 9.17) is 4.74 Å². The van der Waals surface area contributed by atoms with Gasteiger partial charge in [0.15, 0.2) is 0 Å². The van der Waals surface area contributed by atoms with Gasteiger partial charge < -0.3 is 15.4 Å². The molecule has 4 aliphatic carbocycles. The van der Waals surface area contributed by atoms with E-state index in [9.17, 15) is 4.79 Å². The number of urea groups is 1. The van der Waals surface area contributed by atoms with Gasteiger partial charge in [-0.2, -0.15) is 0 Å². The summed E-state index contributed by atoms with van der Waals surface area (Å²) in [5, 5.41) is 6.58. The van der Waals surface area contributed by atoms with Crippen molar-refractivity contribution in [3.8, 4) is 0 Å². The first-order valence-electron chi connectivity index (χ1n) is 11.2. The zero-order chi connectivity index (χ0) is 18.9. The van der Waals surface area contributed by atoms with Crippen LogP contribution in [0.2, 0.25) is 0 Å². The smallest absolute Gasteiger partial charge is 0.315 e.